The lowest BCUT2D eigenvalue weighted by molar-refractivity contribution is 0.0690. The number of methoxy groups -OCH3 is 1. The van der Waals surface area contributed by atoms with Gasteiger partial charge in [0, 0.05) is 17.8 Å². The molecule has 0 spiro atoms. The Bertz CT molecular complexity index is 761. The van der Waals surface area contributed by atoms with Gasteiger partial charge in [-0.2, -0.15) is 0 Å². The molecule has 2 N–H and O–H groups in total. The average Bonchev–Trinajstić information content (AvgIpc) is 2.63. The van der Waals surface area contributed by atoms with E-state index in [1.165, 1.54) is 25.4 Å². The fraction of sp³-hybridized carbons (Fsp3) is 0.278. The molecule has 2 rings (SSSR count). The van der Waals surface area contributed by atoms with E-state index >= 15 is 0 Å². The van der Waals surface area contributed by atoms with Gasteiger partial charge in [0.15, 0.2) is 0 Å². The molecule has 0 radical (unpaired) electrons. The lowest BCUT2D eigenvalue weighted by atomic mass is 10.2. The van der Waals surface area contributed by atoms with Gasteiger partial charge in [0.1, 0.15) is 17.2 Å². The molecule has 0 fully saturated rings. The third-order valence-corrected chi connectivity index (χ3v) is 3.43. The van der Waals surface area contributed by atoms with E-state index in [9.17, 15) is 9.59 Å². The van der Waals surface area contributed by atoms with Crippen molar-refractivity contribution in [1.82, 2.24) is 4.98 Å². The second-order valence-corrected chi connectivity index (χ2v) is 5.25. The van der Waals surface area contributed by atoms with Gasteiger partial charge in [-0.1, -0.05) is 13.3 Å². The van der Waals surface area contributed by atoms with E-state index in [1.54, 1.807) is 18.2 Å². The van der Waals surface area contributed by atoms with Crippen LogP contribution in [0.25, 0.3) is 0 Å². The normalized spacial score (nSPS) is 10.2. The highest BCUT2D eigenvalue weighted by Crippen LogP contribution is 2.30. The van der Waals surface area contributed by atoms with E-state index in [-0.39, 0.29) is 11.3 Å². The summed E-state index contributed by atoms with van der Waals surface area (Å²) in [4.78, 5) is 27.1. The average molecular weight is 344 g/mol. The van der Waals surface area contributed by atoms with Crippen molar-refractivity contribution in [2.24, 2.45) is 0 Å². The third-order valence-electron chi connectivity index (χ3n) is 3.43. The predicted molar refractivity (Wildman–Crippen MR) is 92.5 cm³/mol. The van der Waals surface area contributed by atoms with Crippen molar-refractivity contribution in [1.29, 1.82) is 0 Å². The van der Waals surface area contributed by atoms with Crippen LogP contribution in [0.15, 0.2) is 36.5 Å². The highest BCUT2D eigenvalue weighted by molar-refractivity contribution is 6.06. The van der Waals surface area contributed by atoms with Crippen LogP contribution in [0.2, 0.25) is 0 Å². The number of nitrogens with zero attached hydrogens (tertiary/aromatic N) is 1. The quantitative estimate of drug-likeness (QED) is 0.714. The second-order valence-electron chi connectivity index (χ2n) is 5.25. The molecule has 25 heavy (non-hydrogen) atoms. The Kier molecular flexibility index (Phi) is 6.33. The molecule has 7 nitrogen and oxygen atoms in total. The first-order chi connectivity index (χ1) is 12.0. The summed E-state index contributed by atoms with van der Waals surface area (Å²) in [6.45, 7) is 2.59. The standard InChI is InChI=1S/C18H20N2O5/c1-3-4-9-25-16-6-5-13(24-2)11-14(16)20-17(21)12-7-8-19-15(10-12)18(22)23/h5-8,10-11H,3-4,9H2,1-2H3,(H,20,21)(H,22,23). The molecule has 1 aromatic heterocycles. The summed E-state index contributed by atoms with van der Waals surface area (Å²) in [7, 11) is 1.53. The summed E-state index contributed by atoms with van der Waals surface area (Å²) in [5.74, 6) is -0.563. The molecule has 2 aromatic rings. The molecular formula is C18H20N2O5. The summed E-state index contributed by atoms with van der Waals surface area (Å²) in [6.07, 6.45) is 3.17. The van der Waals surface area contributed by atoms with Gasteiger partial charge in [-0.15, -0.1) is 0 Å². The summed E-state index contributed by atoms with van der Waals surface area (Å²) in [5, 5.41) is 11.7. The van der Waals surface area contributed by atoms with Crippen LogP contribution < -0.4 is 14.8 Å². The minimum absolute atomic E-state index is 0.190. The van der Waals surface area contributed by atoms with Gasteiger partial charge in [0.05, 0.1) is 19.4 Å². The monoisotopic (exact) mass is 344 g/mol. The number of aromatic nitrogens is 1. The first-order valence-electron chi connectivity index (χ1n) is 7.86. The number of unbranched alkanes of at least 4 members (excludes halogenated alkanes) is 1. The number of ether oxygens (including phenoxy) is 2. The molecule has 0 aliphatic rings. The van der Waals surface area contributed by atoms with E-state index in [0.717, 1.165) is 12.8 Å². The molecule has 0 saturated heterocycles. The van der Waals surface area contributed by atoms with Crippen LogP contribution in [0, 0.1) is 0 Å². The third kappa shape index (κ3) is 4.94. The van der Waals surface area contributed by atoms with Gasteiger partial charge in [0.2, 0.25) is 0 Å². The molecule has 1 amide bonds. The van der Waals surface area contributed by atoms with E-state index < -0.39 is 11.9 Å². The van der Waals surface area contributed by atoms with Crippen molar-refractivity contribution in [3.05, 3.63) is 47.8 Å². The van der Waals surface area contributed by atoms with Crippen molar-refractivity contribution in [3.63, 3.8) is 0 Å². The Balaban J connectivity index is 2.23. The van der Waals surface area contributed by atoms with Crippen molar-refractivity contribution >= 4 is 17.6 Å². The first-order valence-corrected chi connectivity index (χ1v) is 7.86. The maximum atomic E-state index is 12.4. The molecule has 0 saturated carbocycles. The fourth-order valence-corrected chi connectivity index (χ4v) is 2.07. The summed E-state index contributed by atoms with van der Waals surface area (Å²) in [5.41, 5.74) is 0.446. The van der Waals surface area contributed by atoms with Gasteiger partial charge >= 0.3 is 5.97 Å². The van der Waals surface area contributed by atoms with Gasteiger partial charge in [-0.3, -0.25) is 4.79 Å². The zero-order chi connectivity index (χ0) is 18.2. The highest BCUT2D eigenvalue weighted by Gasteiger charge is 2.14. The molecule has 0 atom stereocenters. The largest absolute Gasteiger partial charge is 0.497 e. The van der Waals surface area contributed by atoms with E-state index in [2.05, 4.69) is 17.2 Å². The Morgan fingerprint density at radius 2 is 2.04 bits per heavy atom. The Labute approximate surface area is 145 Å². The van der Waals surface area contributed by atoms with Crippen molar-refractivity contribution in [2.45, 2.75) is 19.8 Å². The Morgan fingerprint density at radius 1 is 1.24 bits per heavy atom. The minimum Gasteiger partial charge on any atom is -0.497 e. The molecule has 0 aliphatic carbocycles. The van der Waals surface area contributed by atoms with Gasteiger partial charge < -0.3 is 19.9 Å². The molecule has 132 valence electrons. The van der Waals surface area contributed by atoms with Crippen molar-refractivity contribution < 1.29 is 24.2 Å². The number of hydrogen-bond donors (Lipinski definition) is 2. The maximum absolute atomic E-state index is 12.4. The smallest absolute Gasteiger partial charge is 0.354 e. The zero-order valence-corrected chi connectivity index (χ0v) is 14.1. The van der Waals surface area contributed by atoms with Gasteiger partial charge in [0.25, 0.3) is 5.91 Å². The minimum atomic E-state index is -1.19. The van der Waals surface area contributed by atoms with Gasteiger partial charge in [-0.05, 0) is 30.7 Å². The van der Waals surface area contributed by atoms with Gasteiger partial charge in [-0.25, -0.2) is 9.78 Å². The molecule has 1 heterocycles. The lowest BCUT2D eigenvalue weighted by Crippen LogP contribution is -2.14. The zero-order valence-electron chi connectivity index (χ0n) is 14.1. The number of amides is 1. The van der Waals surface area contributed by atoms with E-state index in [4.69, 9.17) is 14.6 Å². The summed E-state index contributed by atoms with van der Waals surface area (Å²) >= 11 is 0. The first kappa shape index (κ1) is 18.3. The lowest BCUT2D eigenvalue weighted by Gasteiger charge is -2.14. The van der Waals surface area contributed by atoms with Crippen LogP contribution in [0.4, 0.5) is 5.69 Å². The SMILES string of the molecule is CCCCOc1ccc(OC)cc1NC(=O)c1ccnc(C(=O)O)c1. The number of pyridine rings is 1. The van der Waals surface area contributed by atoms with Crippen molar-refractivity contribution in [3.8, 4) is 11.5 Å². The van der Waals surface area contributed by atoms with Crippen LogP contribution in [-0.4, -0.2) is 35.7 Å². The summed E-state index contributed by atoms with van der Waals surface area (Å²) < 4.78 is 10.9. The summed E-state index contributed by atoms with van der Waals surface area (Å²) in [6, 6.07) is 7.78. The number of aromatic carboxylic acids is 1. The topological polar surface area (TPSA) is 97.8 Å². The molecular weight excluding hydrogens is 324 g/mol. The number of carbonyl (C=O) groups excluding carboxylic acids is 1. The van der Waals surface area contributed by atoms with E-state index in [1.807, 2.05) is 0 Å². The van der Waals surface area contributed by atoms with Crippen LogP contribution in [-0.2, 0) is 0 Å². The molecule has 0 unspecified atom stereocenters. The number of carboxylic acid groups (broad SMARTS) is 1. The fourth-order valence-electron chi connectivity index (χ4n) is 2.07. The molecule has 0 aliphatic heterocycles. The second kappa shape index (κ2) is 8.68. The number of hydrogen-bond acceptors (Lipinski definition) is 5. The molecule has 1 aromatic carbocycles. The number of nitrogens with one attached hydrogen (secondary N) is 1. The van der Waals surface area contributed by atoms with Crippen LogP contribution in [0.1, 0.15) is 40.6 Å². The maximum Gasteiger partial charge on any atom is 0.354 e. The molecule has 7 heteroatoms. The number of carbonyl (C=O) groups is 2. The number of benzene rings is 1. The number of carboxylic acids is 1. The predicted octanol–water partition coefficient (Wildman–Crippen LogP) is 3.22. The van der Waals surface area contributed by atoms with Crippen LogP contribution in [0.3, 0.4) is 0 Å². The van der Waals surface area contributed by atoms with Crippen molar-refractivity contribution in [2.75, 3.05) is 19.0 Å². The van der Waals surface area contributed by atoms with E-state index in [0.29, 0.717) is 23.8 Å². The Morgan fingerprint density at radius 3 is 2.72 bits per heavy atom. The number of rotatable bonds is 8. The molecule has 0 bridgehead atoms. The van der Waals surface area contributed by atoms with Crippen LogP contribution >= 0.6 is 0 Å². The highest BCUT2D eigenvalue weighted by atomic mass is 16.5. The Hall–Kier alpha value is -3.09. The van der Waals surface area contributed by atoms with Crippen LogP contribution in [0.5, 0.6) is 11.5 Å². The number of anilines is 1.